The number of hydrogen-bond acceptors (Lipinski definition) is 4. The molecule has 0 saturated heterocycles. The van der Waals surface area contributed by atoms with Crippen LogP contribution in [-0.2, 0) is 6.54 Å². The standard InChI is InChI=1S/C12H15N5/c1-9-13-4-5-17(9)12-8-15-11(7-16-12)6-14-10-2-3-10/h4-5,7-8,10,14H,2-3,6H2,1H3. The van der Waals surface area contributed by atoms with Gasteiger partial charge in [-0.25, -0.2) is 9.97 Å². The van der Waals surface area contributed by atoms with E-state index in [2.05, 4.69) is 20.3 Å². The van der Waals surface area contributed by atoms with Crippen molar-refractivity contribution in [3.8, 4) is 5.82 Å². The van der Waals surface area contributed by atoms with Crippen LogP contribution >= 0.6 is 0 Å². The zero-order chi connectivity index (χ0) is 11.7. The fourth-order valence-electron chi connectivity index (χ4n) is 1.72. The van der Waals surface area contributed by atoms with Gasteiger partial charge in [-0.1, -0.05) is 0 Å². The van der Waals surface area contributed by atoms with Gasteiger partial charge in [0.25, 0.3) is 0 Å². The molecule has 0 radical (unpaired) electrons. The van der Waals surface area contributed by atoms with Crippen molar-refractivity contribution in [2.75, 3.05) is 0 Å². The van der Waals surface area contributed by atoms with Crippen LogP contribution in [0.25, 0.3) is 5.82 Å². The van der Waals surface area contributed by atoms with Crippen LogP contribution in [0.3, 0.4) is 0 Å². The third-order valence-electron chi connectivity index (χ3n) is 2.91. The van der Waals surface area contributed by atoms with Gasteiger partial charge in [0, 0.05) is 25.0 Å². The van der Waals surface area contributed by atoms with Crippen molar-refractivity contribution >= 4 is 0 Å². The van der Waals surface area contributed by atoms with Gasteiger partial charge >= 0.3 is 0 Å². The third-order valence-corrected chi connectivity index (χ3v) is 2.91. The molecule has 0 aromatic carbocycles. The second kappa shape index (κ2) is 4.25. The highest BCUT2D eigenvalue weighted by atomic mass is 15.1. The smallest absolute Gasteiger partial charge is 0.156 e. The molecule has 1 fully saturated rings. The summed E-state index contributed by atoms with van der Waals surface area (Å²) in [4.78, 5) is 13.0. The molecule has 5 nitrogen and oxygen atoms in total. The second-order valence-corrected chi connectivity index (χ2v) is 4.37. The van der Waals surface area contributed by atoms with E-state index in [1.165, 1.54) is 12.8 Å². The Hall–Kier alpha value is -1.75. The van der Waals surface area contributed by atoms with Gasteiger partial charge in [0.2, 0.25) is 0 Å². The number of aromatic nitrogens is 4. The van der Waals surface area contributed by atoms with Gasteiger partial charge in [-0.05, 0) is 19.8 Å². The maximum atomic E-state index is 4.40. The SMILES string of the molecule is Cc1nccn1-c1cnc(CNC2CC2)cn1. The Bertz CT molecular complexity index is 498. The molecule has 0 aliphatic heterocycles. The highest BCUT2D eigenvalue weighted by molar-refractivity contribution is 5.21. The maximum Gasteiger partial charge on any atom is 0.156 e. The normalized spacial score (nSPS) is 15.1. The van der Waals surface area contributed by atoms with Crippen molar-refractivity contribution in [3.05, 3.63) is 36.3 Å². The molecule has 88 valence electrons. The molecule has 2 aromatic rings. The van der Waals surface area contributed by atoms with Crippen LogP contribution in [-0.4, -0.2) is 25.6 Å². The van der Waals surface area contributed by atoms with Gasteiger partial charge in [0.15, 0.2) is 5.82 Å². The summed E-state index contributed by atoms with van der Waals surface area (Å²) in [5, 5.41) is 3.42. The van der Waals surface area contributed by atoms with Crippen LogP contribution in [0.15, 0.2) is 24.8 Å². The first kappa shape index (κ1) is 10.4. The molecule has 0 unspecified atom stereocenters. The Labute approximate surface area is 99.9 Å². The number of nitrogens with one attached hydrogen (secondary N) is 1. The van der Waals surface area contributed by atoms with E-state index >= 15 is 0 Å². The highest BCUT2D eigenvalue weighted by Crippen LogP contribution is 2.18. The first-order chi connectivity index (χ1) is 8.33. The molecular formula is C12H15N5. The number of rotatable bonds is 4. The number of nitrogens with zero attached hydrogens (tertiary/aromatic N) is 4. The molecule has 2 aromatic heterocycles. The first-order valence-corrected chi connectivity index (χ1v) is 5.87. The van der Waals surface area contributed by atoms with Gasteiger partial charge in [-0.3, -0.25) is 9.55 Å². The Morgan fingerprint density at radius 1 is 1.29 bits per heavy atom. The maximum absolute atomic E-state index is 4.40. The molecule has 0 bridgehead atoms. The minimum atomic E-state index is 0.701. The molecule has 0 atom stereocenters. The van der Waals surface area contributed by atoms with Crippen molar-refractivity contribution in [1.29, 1.82) is 0 Å². The molecule has 5 heteroatoms. The largest absolute Gasteiger partial charge is 0.308 e. The second-order valence-electron chi connectivity index (χ2n) is 4.37. The minimum absolute atomic E-state index is 0.701. The van der Waals surface area contributed by atoms with Gasteiger partial charge < -0.3 is 5.32 Å². The van der Waals surface area contributed by atoms with Gasteiger partial charge in [0.05, 0.1) is 18.1 Å². The predicted octanol–water partition coefficient (Wildman–Crippen LogP) is 1.22. The fraction of sp³-hybridized carbons (Fsp3) is 0.417. The van der Waals surface area contributed by atoms with E-state index in [4.69, 9.17) is 0 Å². The molecule has 17 heavy (non-hydrogen) atoms. The van der Waals surface area contributed by atoms with Crippen molar-refractivity contribution in [1.82, 2.24) is 24.8 Å². The molecular weight excluding hydrogens is 214 g/mol. The van der Waals surface area contributed by atoms with Crippen molar-refractivity contribution in [2.24, 2.45) is 0 Å². The summed E-state index contributed by atoms with van der Waals surface area (Å²) in [6.45, 7) is 2.76. The molecule has 0 amide bonds. The van der Waals surface area contributed by atoms with E-state index in [-0.39, 0.29) is 0 Å². The number of hydrogen-bond donors (Lipinski definition) is 1. The number of imidazole rings is 1. The van der Waals surface area contributed by atoms with Crippen molar-refractivity contribution in [2.45, 2.75) is 32.4 Å². The monoisotopic (exact) mass is 229 g/mol. The molecule has 1 aliphatic rings. The average molecular weight is 229 g/mol. The first-order valence-electron chi connectivity index (χ1n) is 5.87. The third kappa shape index (κ3) is 2.34. The summed E-state index contributed by atoms with van der Waals surface area (Å²) in [6.07, 6.45) is 9.85. The van der Waals surface area contributed by atoms with Crippen LogP contribution in [0.5, 0.6) is 0 Å². The topological polar surface area (TPSA) is 55.6 Å². The predicted molar refractivity (Wildman–Crippen MR) is 63.8 cm³/mol. The quantitative estimate of drug-likeness (QED) is 0.856. The summed E-state index contributed by atoms with van der Waals surface area (Å²) in [6, 6.07) is 0.701. The Morgan fingerprint density at radius 3 is 2.76 bits per heavy atom. The van der Waals surface area contributed by atoms with Crippen LogP contribution in [0.2, 0.25) is 0 Å². The lowest BCUT2D eigenvalue weighted by molar-refractivity contribution is 0.670. The molecule has 3 rings (SSSR count). The summed E-state index contributed by atoms with van der Waals surface area (Å²) in [5.41, 5.74) is 0.985. The van der Waals surface area contributed by atoms with Gasteiger partial charge in [0.1, 0.15) is 5.82 Å². The van der Waals surface area contributed by atoms with Crippen molar-refractivity contribution < 1.29 is 0 Å². The van der Waals surface area contributed by atoms with E-state index in [1.807, 2.05) is 23.9 Å². The summed E-state index contributed by atoms with van der Waals surface area (Å²) < 4.78 is 1.92. The van der Waals surface area contributed by atoms with E-state index in [1.54, 1.807) is 12.4 Å². The fourth-order valence-corrected chi connectivity index (χ4v) is 1.72. The summed E-state index contributed by atoms with van der Waals surface area (Å²) in [7, 11) is 0. The Balaban J connectivity index is 1.72. The molecule has 0 spiro atoms. The zero-order valence-corrected chi connectivity index (χ0v) is 9.80. The lowest BCUT2D eigenvalue weighted by Crippen LogP contribution is -2.16. The molecule has 1 saturated carbocycles. The van der Waals surface area contributed by atoms with Crippen LogP contribution < -0.4 is 5.32 Å². The molecule has 2 heterocycles. The highest BCUT2D eigenvalue weighted by Gasteiger charge is 2.20. The summed E-state index contributed by atoms with van der Waals surface area (Å²) >= 11 is 0. The minimum Gasteiger partial charge on any atom is -0.308 e. The Kier molecular flexibility index (Phi) is 2.60. The number of aryl methyl sites for hydroxylation is 1. The van der Waals surface area contributed by atoms with E-state index in [0.717, 1.165) is 23.9 Å². The lowest BCUT2D eigenvalue weighted by atomic mass is 10.4. The van der Waals surface area contributed by atoms with Crippen LogP contribution in [0.1, 0.15) is 24.4 Å². The van der Waals surface area contributed by atoms with Gasteiger partial charge in [-0.15, -0.1) is 0 Å². The summed E-state index contributed by atoms with van der Waals surface area (Å²) in [5.74, 6) is 1.73. The molecule has 1 N–H and O–H groups in total. The zero-order valence-electron chi connectivity index (χ0n) is 9.80. The average Bonchev–Trinajstić information content (AvgIpc) is 3.09. The van der Waals surface area contributed by atoms with Gasteiger partial charge in [-0.2, -0.15) is 0 Å². The van der Waals surface area contributed by atoms with Crippen molar-refractivity contribution in [3.63, 3.8) is 0 Å². The Morgan fingerprint density at radius 2 is 2.18 bits per heavy atom. The van der Waals surface area contributed by atoms with E-state index < -0.39 is 0 Å². The van der Waals surface area contributed by atoms with E-state index in [0.29, 0.717) is 6.04 Å². The lowest BCUT2D eigenvalue weighted by Gasteiger charge is -2.05. The van der Waals surface area contributed by atoms with Crippen LogP contribution in [0, 0.1) is 6.92 Å². The van der Waals surface area contributed by atoms with Crippen LogP contribution in [0.4, 0.5) is 0 Å². The molecule has 1 aliphatic carbocycles. The van der Waals surface area contributed by atoms with E-state index in [9.17, 15) is 0 Å².